The Labute approximate surface area is 145 Å². The van der Waals surface area contributed by atoms with E-state index in [9.17, 15) is 14.7 Å². The first-order valence-corrected chi connectivity index (χ1v) is 8.14. The van der Waals surface area contributed by atoms with Crippen LogP contribution in [0.2, 0.25) is 0 Å². The van der Waals surface area contributed by atoms with Gasteiger partial charge in [-0.1, -0.05) is 35.5 Å². The molecule has 0 unspecified atom stereocenters. The van der Waals surface area contributed by atoms with E-state index in [0.717, 1.165) is 5.56 Å². The fourth-order valence-corrected chi connectivity index (χ4v) is 3.12. The molecule has 0 bridgehead atoms. The number of carbonyl (C=O) groups excluding carboxylic acids is 1. The zero-order valence-electron chi connectivity index (χ0n) is 14.0. The number of ether oxygens (including phenoxy) is 1. The van der Waals surface area contributed by atoms with Gasteiger partial charge < -0.3 is 14.7 Å². The van der Waals surface area contributed by atoms with Crippen LogP contribution in [0.15, 0.2) is 30.3 Å². The lowest BCUT2D eigenvalue weighted by atomic mass is 9.92. The Hall–Kier alpha value is -2.90. The lowest BCUT2D eigenvalue weighted by Gasteiger charge is -2.31. The van der Waals surface area contributed by atoms with Gasteiger partial charge in [0.25, 0.3) is 0 Å². The first-order chi connectivity index (χ1) is 12.1. The Morgan fingerprint density at radius 1 is 1.24 bits per heavy atom. The summed E-state index contributed by atoms with van der Waals surface area (Å²) in [6.45, 7) is 1.28. The minimum Gasteiger partial charge on any atom is -0.476 e. The molecule has 25 heavy (non-hydrogen) atoms. The quantitative estimate of drug-likeness (QED) is 0.911. The highest BCUT2D eigenvalue weighted by Gasteiger charge is 2.30. The van der Waals surface area contributed by atoms with Gasteiger partial charge in [-0.3, -0.25) is 4.68 Å². The van der Waals surface area contributed by atoms with Crippen molar-refractivity contribution in [3.8, 4) is 0 Å². The molecule has 1 aromatic carbocycles. The molecule has 132 valence electrons. The Balaban J connectivity index is 1.56. The highest BCUT2D eigenvalue weighted by molar-refractivity contribution is 5.86. The minimum atomic E-state index is -1.08. The van der Waals surface area contributed by atoms with Crippen LogP contribution in [0.4, 0.5) is 4.79 Å². The van der Waals surface area contributed by atoms with Gasteiger partial charge in [-0.05, 0) is 18.4 Å². The summed E-state index contributed by atoms with van der Waals surface area (Å²) in [5.74, 6) is -1.06. The molecular formula is C17H20N4O4. The number of hydrogen-bond donors (Lipinski definition) is 1. The van der Waals surface area contributed by atoms with E-state index in [2.05, 4.69) is 10.3 Å². The van der Waals surface area contributed by atoms with E-state index >= 15 is 0 Å². The van der Waals surface area contributed by atoms with Gasteiger partial charge in [0.2, 0.25) is 0 Å². The van der Waals surface area contributed by atoms with E-state index in [0.29, 0.717) is 31.6 Å². The third-order valence-corrected chi connectivity index (χ3v) is 4.42. The van der Waals surface area contributed by atoms with Crippen LogP contribution in [-0.2, 0) is 18.4 Å². The van der Waals surface area contributed by atoms with Crippen molar-refractivity contribution in [3.05, 3.63) is 47.3 Å². The maximum Gasteiger partial charge on any atom is 0.410 e. The monoisotopic (exact) mass is 344 g/mol. The van der Waals surface area contributed by atoms with Crippen LogP contribution in [0, 0.1) is 0 Å². The van der Waals surface area contributed by atoms with E-state index < -0.39 is 5.97 Å². The van der Waals surface area contributed by atoms with Crippen molar-refractivity contribution in [1.82, 2.24) is 19.9 Å². The summed E-state index contributed by atoms with van der Waals surface area (Å²) in [6.07, 6.45) is 0.966. The van der Waals surface area contributed by atoms with Crippen molar-refractivity contribution in [2.24, 2.45) is 7.05 Å². The highest BCUT2D eigenvalue weighted by atomic mass is 16.6. The van der Waals surface area contributed by atoms with Crippen LogP contribution in [0.1, 0.15) is 40.5 Å². The van der Waals surface area contributed by atoms with E-state index in [1.807, 2.05) is 30.3 Å². The lowest BCUT2D eigenvalue weighted by Crippen LogP contribution is -2.38. The first kappa shape index (κ1) is 16.9. The zero-order valence-corrected chi connectivity index (χ0v) is 14.0. The average molecular weight is 344 g/mol. The number of piperidine rings is 1. The summed E-state index contributed by atoms with van der Waals surface area (Å²) < 4.78 is 6.85. The van der Waals surface area contributed by atoms with E-state index in [-0.39, 0.29) is 24.3 Å². The number of aryl methyl sites for hydroxylation is 1. The number of amides is 1. The number of hydrogen-bond acceptors (Lipinski definition) is 5. The fourth-order valence-electron chi connectivity index (χ4n) is 3.12. The molecule has 0 radical (unpaired) electrons. The summed E-state index contributed by atoms with van der Waals surface area (Å²) in [6, 6.07) is 9.52. The number of likely N-dealkylation sites (tertiary alicyclic amines) is 1. The number of aromatic carboxylic acids is 1. The van der Waals surface area contributed by atoms with Gasteiger partial charge in [-0.2, -0.15) is 0 Å². The normalized spacial score (nSPS) is 15.2. The standard InChI is InChI=1S/C17H20N4O4/c1-20-15(14(16(22)23)18-19-20)13-7-9-21(10-8-13)17(24)25-11-12-5-3-2-4-6-12/h2-6,13H,7-11H2,1H3,(H,22,23). The highest BCUT2D eigenvalue weighted by Crippen LogP contribution is 2.29. The number of nitrogens with zero attached hydrogens (tertiary/aromatic N) is 4. The second-order valence-electron chi connectivity index (χ2n) is 6.05. The van der Waals surface area contributed by atoms with Gasteiger partial charge in [-0.15, -0.1) is 5.10 Å². The molecule has 0 atom stereocenters. The summed E-state index contributed by atoms with van der Waals surface area (Å²) >= 11 is 0. The number of rotatable bonds is 4. The molecule has 2 aromatic rings. The predicted octanol–water partition coefficient (Wildman–Crippen LogP) is 2.03. The number of aromatic nitrogens is 3. The summed E-state index contributed by atoms with van der Waals surface area (Å²) in [7, 11) is 1.69. The van der Waals surface area contributed by atoms with Crippen LogP contribution in [0.3, 0.4) is 0 Å². The van der Waals surface area contributed by atoms with Crippen LogP contribution in [0.5, 0.6) is 0 Å². The maximum absolute atomic E-state index is 12.2. The van der Waals surface area contributed by atoms with Crippen molar-refractivity contribution in [3.63, 3.8) is 0 Å². The second-order valence-corrected chi connectivity index (χ2v) is 6.05. The number of benzene rings is 1. The van der Waals surface area contributed by atoms with Crippen LogP contribution < -0.4 is 0 Å². The van der Waals surface area contributed by atoms with Gasteiger partial charge in [0.15, 0.2) is 5.69 Å². The number of carboxylic acid groups (broad SMARTS) is 1. The molecule has 0 saturated carbocycles. The molecule has 1 amide bonds. The molecular weight excluding hydrogens is 324 g/mol. The molecule has 1 saturated heterocycles. The molecule has 2 heterocycles. The Bertz CT molecular complexity index is 751. The molecule has 8 heteroatoms. The molecule has 0 aliphatic carbocycles. The second kappa shape index (κ2) is 7.33. The van der Waals surface area contributed by atoms with Crippen LogP contribution >= 0.6 is 0 Å². The van der Waals surface area contributed by atoms with Crippen LogP contribution in [0.25, 0.3) is 0 Å². The topological polar surface area (TPSA) is 97.5 Å². The largest absolute Gasteiger partial charge is 0.476 e. The molecule has 1 aromatic heterocycles. The average Bonchev–Trinajstić information content (AvgIpc) is 3.02. The Morgan fingerprint density at radius 2 is 1.92 bits per heavy atom. The minimum absolute atomic E-state index is 0.00685. The maximum atomic E-state index is 12.2. The Morgan fingerprint density at radius 3 is 2.56 bits per heavy atom. The summed E-state index contributed by atoms with van der Waals surface area (Å²) in [4.78, 5) is 25.1. The van der Waals surface area contributed by atoms with Gasteiger partial charge in [0, 0.05) is 26.1 Å². The third kappa shape index (κ3) is 3.78. The molecule has 8 nitrogen and oxygen atoms in total. The predicted molar refractivity (Wildman–Crippen MR) is 88.1 cm³/mol. The zero-order chi connectivity index (χ0) is 17.8. The third-order valence-electron chi connectivity index (χ3n) is 4.42. The van der Waals surface area contributed by atoms with Crippen molar-refractivity contribution >= 4 is 12.1 Å². The van der Waals surface area contributed by atoms with Crippen molar-refractivity contribution in [2.75, 3.05) is 13.1 Å². The van der Waals surface area contributed by atoms with Gasteiger partial charge in [0.1, 0.15) is 6.61 Å². The molecule has 1 aliphatic heterocycles. The number of carbonyl (C=O) groups is 2. The molecule has 3 rings (SSSR count). The van der Waals surface area contributed by atoms with Crippen molar-refractivity contribution < 1.29 is 19.4 Å². The molecule has 1 fully saturated rings. The SMILES string of the molecule is Cn1nnc(C(=O)O)c1C1CCN(C(=O)OCc2ccccc2)CC1. The number of carboxylic acids is 1. The molecule has 1 N–H and O–H groups in total. The van der Waals surface area contributed by atoms with E-state index in [1.165, 1.54) is 4.68 Å². The van der Waals surface area contributed by atoms with Crippen LogP contribution in [-0.4, -0.2) is 50.2 Å². The van der Waals surface area contributed by atoms with Crippen molar-refractivity contribution in [2.45, 2.75) is 25.4 Å². The first-order valence-electron chi connectivity index (χ1n) is 8.14. The summed E-state index contributed by atoms with van der Waals surface area (Å²) in [5.41, 5.74) is 1.55. The van der Waals surface area contributed by atoms with Gasteiger partial charge in [0.05, 0.1) is 5.69 Å². The molecule has 0 spiro atoms. The lowest BCUT2D eigenvalue weighted by molar-refractivity contribution is 0.0684. The van der Waals surface area contributed by atoms with E-state index in [4.69, 9.17) is 4.74 Å². The summed E-state index contributed by atoms with van der Waals surface area (Å²) in [5, 5.41) is 16.8. The van der Waals surface area contributed by atoms with Crippen molar-refractivity contribution in [1.29, 1.82) is 0 Å². The van der Waals surface area contributed by atoms with Gasteiger partial charge in [-0.25, -0.2) is 9.59 Å². The molecule has 1 aliphatic rings. The fraction of sp³-hybridized carbons (Fsp3) is 0.412. The smallest absolute Gasteiger partial charge is 0.410 e. The van der Waals surface area contributed by atoms with Gasteiger partial charge >= 0.3 is 12.1 Å². The Kier molecular flexibility index (Phi) is 4.97. The van der Waals surface area contributed by atoms with E-state index in [1.54, 1.807) is 11.9 Å².